The van der Waals surface area contributed by atoms with Gasteiger partial charge in [0.1, 0.15) is 11.6 Å². The summed E-state index contributed by atoms with van der Waals surface area (Å²) in [6, 6.07) is 6.00. The van der Waals surface area contributed by atoms with Crippen LogP contribution < -0.4 is 11.2 Å². The molecule has 1 aromatic carbocycles. The third-order valence-electron chi connectivity index (χ3n) is 3.24. The summed E-state index contributed by atoms with van der Waals surface area (Å²) in [7, 11) is 0. The Balaban J connectivity index is 2.49. The molecule has 0 aliphatic heterocycles. The number of ketones is 1. The molecule has 8 heteroatoms. The van der Waals surface area contributed by atoms with Gasteiger partial charge in [0, 0.05) is 18.3 Å². The van der Waals surface area contributed by atoms with Gasteiger partial charge < -0.3 is 0 Å². The highest BCUT2D eigenvalue weighted by molar-refractivity contribution is 6.42. The van der Waals surface area contributed by atoms with E-state index in [2.05, 4.69) is 0 Å². The van der Waals surface area contributed by atoms with Crippen molar-refractivity contribution in [1.82, 2.24) is 9.13 Å². The van der Waals surface area contributed by atoms with Gasteiger partial charge >= 0.3 is 5.69 Å². The highest BCUT2D eigenvalue weighted by Gasteiger charge is 2.15. The first-order valence-corrected chi connectivity index (χ1v) is 7.37. The number of rotatable bonds is 4. The topological polar surface area (TPSA) is 84.9 Å². The van der Waals surface area contributed by atoms with E-state index in [1.54, 1.807) is 13.0 Å². The fourth-order valence-electron chi connectivity index (χ4n) is 2.00. The molecule has 0 N–H and O–H groups in total. The molecule has 0 atom stereocenters. The molecule has 6 nitrogen and oxygen atoms in total. The summed E-state index contributed by atoms with van der Waals surface area (Å²) in [5.74, 6) is -0.486. The van der Waals surface area contributed by atoms with E-state index in [-0.39, 0.29) is 22.7 Å². The minimum absolute atomic E-state index is 0.196. The highest BCUT2D eigenvalue weighted by Crippen LogP contribution is 2.22. The minimum atomic E-state index is -0.796. The summed E-state index contributed by atoms with van der Waals surface area (Å²) in [6.45, 7) is 1.48. The SMILES string of the molecule is CCn1cc(C#N)c(=O)n(CC(=O)c2ccc(Cl)c(Cl)c2)c1=O. The first kappa shape index (κ1) is 17.0. The van der Waals surface area contributed by atoms with Crippen LogP contribution in [0.5, 0.6) is 0 Å². The molecule has 0 unspecified atom stereocenters. The van der Waals surface area contributed by atoms with E-state index in [0.29, 0.717) is 5.02 Å². The largest absolute Gasteiger partial charge is 0.331 e. The maximum atomic E-state index is 12.3. The third-order valence-corrected chi connectivity index (χ3v) is 3.98. The molecule has 0 bridgehead atoms. The summed E-state index contributed by atoms with van der Waals surface area (Å²) in [5.41, 5.74) is -1.43. The van der Waals surface area contributed by atoms with E-state index in [4.69, 9.17) is 28.5 Å². The van der Waals surface area contributed by atoms with Crippen molar-refractivity contribution in [3.05, 3.63) is 66.4 Å². The Bertz CT molecular complexity index is 938. The van der Waals surface area contributed by atoms with Crippen molar-refractivity contribution in [2.75, 3.05) is 0 Å². The van der Waals surface area contributed by atoms with E-state index >= 15 is 0 Å². The number of carbonyl (C=O) groups excluding carboxylic acids is 1. The second kappa shape index (κ2) is 6.82. The van der Waals surface area contributed by atoms with E-state index in [9.17, 15) is 14.4 Å². The van der Waals surface area contributed by atoms with Crippen LogP contribution in [0.15, 0.2) is 34.0 Å². The molecule has 0 saturated heterocycles. The summed E-state index contributed by atoms with van der Waals surface area (Å²) in [6.07, 6.45) is 1.19. The number of nitrogens with zero attached hydrogens (tertiary/aromatic N) is 3. The smallest absolute Gasteiger partial charge is 0.299 e. The normalized spacial score (nSPS) is 10.3. The molecule has 0 aliphatic rings. The van der Waals surface area contributed by atoms with Gasteiger partial charge in [-0.05, 0) is 25.1 Å². The Kier molecular flexibility index (Phi) is 5.04. The predicted molar refractivity (Wildman–Crippen MR) is 86.1 cm³/mol. The molecule has 2 aromatic rings. The second-order valence-electron chi connectivity index (χ2n) is 4.67. The zero-order chi connectivity index (χ0) is 17.1. The number of carbonyl (C=O) groups is 1. The van der Waals surface area contributed by atoms with Crippen molar-refractivity contribution in [3.8, 4) is 6.07 Å². The quantitative estimate of drug-likeness (QED) is 0.789. The Hall–Kier alpha value is -2.36. The molecule has 0 aliphatic carbocycles. The number of benzene rings is 1. The van der Waals surface area contributed by atoms with Gasteiger partial charge in [0.05, 0.1) is 16.6 Å². The lowest BCUT2D eigenvalue weighted by molar-refractivity contribution is 0.0968. The number of aryl methyl sites for hydroxylation is 1. The maximum absolute atomic E-state index is 12.3. The average Bonchev–Trinajstić information content (AvgIpc) is 2.54. The number of halogens is 2. The molecule has 0 fully saturated rings. The lowest BCUT2D eigenvalue weighted by Gasteiger charge is -2.09. The van der Waals surface area contributed by atoms with Crippen LogP contribution in [0, 0.1) is 11.3 Å². The number of hydrogen-bond acceptors (Lipinski definition) is 4. The van der Waals surface area contributed by atoms with Gasteiger partial charge in [0.2, 0.25) is 0 Å². The average molecular weight is 352 g/mol. The molecule has 1 heterocycles. The van der Waals surface area contributed by atoms with Crippen LogP contribution in [0.3, 0.4) is 0 Å². The molecule has 1 aromatic heterocycles. The molecular weight excluding hydrogens is 341 g/mol. The van der Waals surface area contributed by atoms with E-state index in [1.165, 1.54) is 29.0 Å². The second-order valence-corrected chi connectivity index (χ2v) is 5.48. The summed E-state index contributed by atoms with van der Waals surface area (Å²) in [4.78, 5) is 36.6. The first-order chi connectivity index (χ1) is 10.9. The lowest BCUT2D eigenvalue weighted by atomic mass is 10.1. The standard InChI is InChI=1S/C15H11Cl2N3O3/c1-2-19-7-10(6-18)14(22)20(15(19)23)8-13(21)9-3-4-11(16)12(17)5-9/h3-5,7H,2,8H2,1H3. The van der Waals surface area contributed by atoms with Crippen LogP contribution in [0.2, 0.25) is 10.0 Å². The van der Waals surface area contributed by atoms with Crippen LogP contribution in [-0.2, 0) is 13.1 Å². The van der Waals surface area contributed by atoms with Gasteiger partial charge in [-0.25, -0.2) is 4.79 Å². The molecule has 0 amide bonds. The minimum Gasteiger partial charge on any atom is -0.299 e. The van der Waals surface area contributed by atoms with Gasteiger partial charge in [-0.1, -0.05) is 23.2 Å². The van der Waals surface area contributed by atoms with Crippen molar-refractivity contribution in [3.63, 3.8) is 0 Å². The molecule has 2 rings (SSSR count). The van der Waals surface area contributed by atoms with Crippen LogP contribution >= 0.6 is 23.2 Å². The Morgan fingerprint density at radius 3 is 2.52 bits per heavy atom. The summed E-state index contributed by atoms with van der Waals surface area (Å²) < 4.78 is 1.94. The van der Waals surface area contributed by atoms with Gasteiger partial charge in [-0.2, -0.15) is 5.26 Å². The van der Waals surface area contributed by atoms with Crippen LogP contribution in [0.1, 0.15) is 22.8 Å². The number of hydrogen-bond donors (Lipinski definition) is 0. The summed E-state index contributed by atoms with van der Waals surface area (Å²) >= 11 is 11.6. The van der Waals surface area contributed by atoms with Crippen molar-refractivity contribution in [1.29, 1.82) is 5.26 Å². The van der Waals surface area contributed by atoms with Crippen LogP contribution in [0.25, 0.3) is 0 Å². The number of nitriles is 1. The van der Waals surface area contributed by atoms with Gasteiger partial charge in [-0.15, -0.1) is 0 Å². The zero-order valence-corrected chi connectivity index (χ0v) is 13.6. The Morgan fingerprint density at radius 1 is 1.26 bits per heavy atom. The predicted octanol–water partition coefficient (Wildman–Crippen LogP) is 2.09. The molecular formula is C15H11Cl2N3O3. The van der Waals surface area contributed by atoms with Crippen molar-refractivity contribution in [2.24, 2.45) is 0 Å². The third kappa shape index (κ3) is 3.36. The van der Waals surface area contributed by atoms with E-state index < -0.39 is 23.6 Å². The van der Waals surface area contributed by atoms with Crippen LogP contribution in [-0.4, -0.2) is 14.9 Å². The molecule has 118 valence electrons. The monoisotopic (exact) mass is 351 g/mol. The number of Topliss-reactive ketones (excluding diaryl/α,β-unsaturated/α-hetero) is 1. The fraction of sp³-hybridized carbons (Fsp3) is 0.200. The Labute approximate surface area is 141 Å². The molecule has 23 heavy (non-hydrogen) atoms. The maximum Gasteiger partial charge on any atom is 0.331 e. The van der Waals surface area contributed by atoms with E-state index in [0.717, 1.165) is 4.57 Å². The van der Waals surface area contributed by atoms with Crippen molar-refractivity contribution in [2.45, 2.75) is 20.0 Å². The Morgan fingerprint density at radius 2 is 1.96 bits per heavy atom. The first-order valence-electron chi connectivity index (χ1n) is 6.61. The van der Waals surface area contributed by atoms with Crippen LogP contribution in [0.4, 0.5) is 0 Å². The molecule has 0 radical (unpaired) electrons. The fourth-order valence-corrected chi connectivity index (χ4v) is 2.30. The van der Waals surface area contributed by atoms with E-state index in [1.807, 2.05) is 0 Å². The zero-order valence-electron chi connectivity index (χ0n) is 12.0. The lowest BCUT2D eigenvalue weighted by Crippen LogP contribution is -2.42. The van der Waals surface area contributed by atoms with Crippen molar-refractivity contribution < 1.29 is 4.79 Å². The molecule has 0 saturated carbocycles. The van der Waals surface area contributed by atoms with Crippen molar-refractivity contribution >= 4 is 29.0 Å². The van der Waals surface area contributed by atoms with Gasteiger partial charge in [0.25, 0.3) is 5.56 Å². The van der Waals surface area contributed by atoms with Gasteiger partial charge in [0.15, 0.2) is 5.78 Å². The number of aromatic nitrogens is 2. The highest BCUT2D eigenvalue weighted by atomic mass is 35.5. The van der Waals surface area contributed by atoms with Gasteiger partial charge in [-0.3, -0.25) is 18.7 Å². The molecule has 0 spiro atoms. The summed E-state index contributed by atoms with van der Waals surface area (Å²) in [5, 5.41) is 9.46.